The Morgan fingerprint density at radius 2 is 2.16 bits per heavy atom. The lowest BCUT2D eigenvalue weighted by Gasteiger charge is -2.07. The molecule has 0 unspecified atom stereocenters. The second kappa shape index (κ2) is 5.38. The van der Waals surface area contributed by atoms with Crippen LogP contribution in [0.2, 0.25) is 5.02 Å². The lowest BCUT2D eigenvalue weighted by molar-refractivity contribution is 0.590. The summed E-state index contributed by atoms with van der Waals surface area (Å²) in [6.45, 7) is 0.970. The molecule has 5 nitrogen and oxygen atoms in total. The predicted octanol–water partition coefficient (Wildman–Crippen LogP) is 2.79. The minimum absolute atomic E-state index is 0.543. The highest BCUT2D eigenvalue weighted by Gasteiger charge is 2.16. The molecular weight excluding hydrogens is 282 g/mol. The number of nitrogens with zero attached hydrogens (tertiary/aromatic N) is 4. The van der Waals surface area contributed by atoms with E-state index >= 15 is 0 Å². The van der Waals surface area contributed by atoms with E-state index in [0.717, 1.165) is 29.0 Å². The standard InChI is InChI=1S/C12H14ClN5S/c13-8-6-9(14)11(15-7-8)19-12-17-16-10-4-2-1-3-5-18(10)12/h6-7H,1-5,14H2. The molecule has 100 valence electrons. The van der Waals surface area contributed by atoms with Gasteiger partial charge in [0.1, 0.15) is 10.9 Å². The molecule has 0 saturated carbocycles. The Bertz CT molecular complexity index is 598. The number of halogens is 1. The van der Waals surface area contributed by atoms with Crippen molar-refractivity contribution in [2.75, 3.05) is 5.73 Å². The smallest absolute Gasteiger partial charge is 0.197 e. The summed E-state index contributed by atoms with van der Waals surface area (Å²) in [6.07, 6.45) is 6.19. The lowest BCUT2D eigenvalue weighted by Crippen LogP contribution is -2.02. The van der Waals surface area contributed by atoms with E-state index in [0.29, 0.717) is 10.7 Å². The summed E-state index contributed by atoms with van der Waals surface area (Å²) in [7, 11) is 0. The van der Waals surface area contributed by atoms with Crippen LogP contribution in [-0.4, -0.2) is 19.7 Å². The van der Waals surface area contributed by atoms with Crippen LogP contribution < -0.4 is 5.73 Å². The molecule has 0 bridgehead atoms. The Kier molecular flexibility index (Phi) is 3.61. The summed E-state index contributed by atoms with van der Waals surface area (Å²) >= 11 is 7.30. The quantitative estimate of drug-likeness (QED) is 0.922. The average Bonchev–Trinajstić information content (AvgIpc) is 2.61. The molecule has 2 N–H and O–H groups in total. The van der Waals surface area contributed by atoms with Gasteiger partial charge in [-0.3, -0.25) is 0 Å². The van der Waals surface area contributed by atoms with Crippen molar-refractivity contribution in [1.82, 2.24) is 19.7 Å². The van der Waals surface area contributed by atoms with Crippen molar-refractivity contribution in [3.05, 3.63) is 23.1 Å². The molecule has 3 heterocycles. The molecule has 19 heavy (non-hydrogen) atoms. The molecule has 1 aliphatic heterocycles. The zero-order valence-electron chi connectivity index (χ0n) is 10.3. The summed E-state index contributed by atoms with van der Waals surface area (Å²) in [4.78, 5) is 4.25. The molecule has 7 heteroatoms. The highest BCUT2D eigenvalue weighted by Crippen LogP contribution is 2.31. The van der Waals surface area contributed by atoms with Crippen LogP contribution in [0.25, 0.3) is 0 Å². The van der Waals surface area contributed by atoms with Gasteiger partial charge in [0.15, 0.2) is 5.16 Å². The van der Waals surface area contributed by atoms with Gasteiger partial charge in [-0.25, -0.2) is 4.98 Å². The SMILES string of the molecule is Nc1cc(Cl)cnc1Sc1nnc2n1CCCCC2. The van der Waals surface area contributed by atoms with E-state index in [1.54, 1.807) is 12.3 Å². The van der Waals surface area contributed by atoms with Crippen molar-refractivity contribution in [3.8, 4) is 0 Å². The summed E-state index contributed by atoms with van der Waals surface area (Å²) < 4.78 is 2.17. The second-order valence-electron chi connectivity index (χ2n) is 4.51. The molecule has 2 aromatic rings. The highest BCUT2D eigenvalue weighted by atomic mass is 35.5. The van der Waals surface area contributed by atoms with Gasteiger partial charge in [0.25, 0.3) is 0 Å². The van der Waals surface area contributed by atoms with Crippen LogP contribution in [0, 0.1) is 0 Å². The van der Waals surface area contributed by atoms with Crippen molar-refractivity contribution >= 4 is 29.1 Å². The Labute approximate surface area is 120 Å². The Balaban J connectivity index is 1.89. The third kappa shape index (κ3) is 2.69. The molecule has 1 aliphatic rings. The van der Waals surface area contributed by atoms with Crippen molar-refractivity contribution in [2.45, 2.75) is 42.4 Å². The summed E-state index contributed by atoms with van der Waals surface area (Å²) in [5.41, 5.74) is 6.49. The first-order valence-corrected chi connectivity index (χ1v) is 7.44. The van der Waals surface area contributed by atoms with Crippen LogP contribution in [0.5, 0.6) is 0 Å². The van der Waals surface area contributed by atoms with E-state index in [1.165, 1.54) is 31.0 Å². The summed E-state index contributed by atoms with van der Waals surface area (Å²) in [6, 6.07) is 1.70. The Morgan fingerprint density at radius 3 is 3.00 bits per heavy atom. The first-order chi connectivity index (χ1) is 9.24. The number of hydrogen-bond acceptors (Lipinski definition) is 5. The van der Waals surface area contributed by atoms with Crippen molar-refractivity contribution < 1.29 is 0 Å². The van der Waals surface area contributed by atoms with Crippen LogP contribution in [0.1, 0.15) is 25.1 Å². The topological polar surface area (TPSA) is 69.6 Å². The summed E-state index contributed by atoms with van der Waals surface area (Å²) in [5.74, 6) is 1.06. The number of fused-ring (bicyclic) bond motifs is 1. The van der Waals surface area contributed by atoms with E-state index in [9.17, 15) is 0 Å². The monoisotopic (exact) mass is 295 g/mol. The first-order valence-electron chi connectivity index (χ1n) is 6.25. The largest absolute Gasteiger partial charge is 0.396 e. The third-order valence-corrected chi connectivity index (χ3v) is 4.33. The molecule has 0 radical (unpaired) electrons. The van der Waals surface area contributed by atoms with Crippen molar-refractivity contribution in [3.63, 3.8) is 0 Å². The zero-order valence-corrected chi connectivity index (χ0v) is 11.9. The van der Waals surface area contributed by atoms with Crippen LogP contribution in [0.4, 0.5) is 5.69 Å². The van der Waals surface area contributed by atoms with Crippen LogP contribution in [0.15, 0.2) is 22.4 Å². The molecule has 2 aromatic heterocycles. The fourth-order valence-electron chi connectivity index (χ4n) is 2.15. The van der Waals surface area contributed by atoms with E-state index in [1.807, 2.05) is 0 Å². The molecule has 0 spiro atoms. The maximum absolute atomic E-state index is 5.92. The Morgan fingerprint density at radius 1 is 1.26 bits per heavy atom. The molecule has 0 aromatic carbocycles. The highest BCUT2D eigenvalue weighted by molar-refractivity contribution is 7.99. The number of aryl methyl sites for hydroxylation is 1. The maximum atomic E-state index is 5.92. The van der Waals surface area contributed by atoms with E-state index in [4.69, 9.17) is 17.3 Å². The van der Waals surface area contributed by atoms with Gasteiger partial charge in [-0.2, -0.15) is 0 Å². The minimum atomic E-state index is 0.543. The van der Waals surface area contributed by atoms with Crippen LogP contribution in [-0.2, 0) is 13.0 Å². The van der Waals surface area contributed by atoms with Gasteiger partial charge in [0, 0.05) is 19.2 Å². The fraction of sp³-hybridized carbons (Fsp3) is 0.417. The van der Waals surface area contributed by atoms with Gasteiger partial charge in [0.05, 0.1) is 10.7 Å². The maximum Gasteiger partial charge on any atom is 0.197 e. The van der Waals surface area contributed by atoms with Crippen molar-refractivity contribution in [2.24, 2.45) is 0 Å². The van der Waals surface area contributed by atoms with Gasteiger partial charge in [-0.15, -0.1) is 10.2 Å². The molecule has 0 amide bonds. The number of anilines is 1. The zero-order chi connectivity index (χ0) is 13.2. The average molecular weight is 296 g/mol. The molecule has 0 saturated heterocycles. The fourth-order valence-corrected chi connectivity index (χ4v) is 3.16. The minimum Gasteiger partial charge on any atom is -0.396 e. The van der Waals surface area contributed by atoms with E-state index in [2.05, 4.69) is 19.7 Å². The van der Waals surface area contributed by atoms with Gasteiger partial charge in [0.2, 0.25) is 0 Å². The summed E-state index contributed by atoms with van der Waals surface area (Å²) in [5, 5.41) is 10.6. The van der Waals surface area contributed by atoms with E-state index < -0.39 is 0 Å². The second-order valence-corrected chi connectivity index (χ2v) is 5.90. The number of nitrogen functional groups attached to an aromatic ring is 1. The molecular formula is C12H14ClN5S. The van der Waals surface area contributed by atoms with Gasteiger partial charge in [-0.05, 0) is 30.7 Å². The molecule has 0 aliphatic carbocycles. The number of pyridine rings is 1. The Hall–Kier alpha value is -1.27. The van der Waals surface area contributed by atoms with Crippen LogP contribution in [0.3, 0.4) is 0 Å². The number of hydrogen-bond donors (Lipinski definition) is 1. The number of nitrogens with two attached hydrogens (primary N) is 1. The van der Waals surface area contributed by atoms with Crippen LogP contribution >= 0.6 is 23.4 Å². The van der Waals surface area contributed by atoms with Gasteiger partial charge in [-0.1, -0.05) is 18.0 Å². The number of aromatic nitrogens is 4. The third-order valence-electron chi connectivity index (χ3n) is 3.11. The molecule has 0 fully saturated rings. The van der Waals surface area contributed by atoms with E-state index in [-0.39, 0.29) is 0 Å². The predicted molar refractivity (Wildman–Crippen MR) is 75.4 cm³/mol. The van der Waals surface area contributed by atoms with Gasteiger partial charge < -0.3 is 10.3 Å². The normalized spacial score (nSPS) is 15.0. The molecule has 0 atom stereocenters. The lowest BCUT2D eigenvalue weighted by atomic mass is 10.2. The first kappa shape index (κ1) is 12.7. The van der Waals surface area contributed by atoms with Gasteiger partial charge >= 0.3 is 0 Å². The van der Waals surface area contributed by atoms with Crippen molar-refractivity contribution in [1.29, 1.82) is 0 Å². The number of rotatable bonds is 2. The molecule has 3 rings (SSSR count).